The molecular formula is C23H24ClN3O4S. The lowest BCUT2D eigenvalue weighted by atomic mass is 10.1. The molecule has 32 heavy (non-hydrogen) atoms. The Bertz CT molecular complexity index is 1070. The van der Waals surface area contributed by atoms with Crippen LogP contribution in [0, 0.1) is 0 Å². The fourth-order valence-electron chi connectivity index (χ4n) is 3.28. The summed E-state index contributed by atoms with van der Waals surface area (Å²) in [6.45, 7) is 5.46. The van der Waals surface area contributed by atoms with Gasteiger partial charge < -0.3 is 15.0 Å². The minimum absolute atomic E-state index is 0.231. The number of benzene rings is 2. The smallest absolute Gasteiger partial charge is 0.294 e. The first-order valence-electron chi connectivity index (χ1n) is 10.1. The van der Waals surface area contributed by atoms with Gasteiger partial charge in [0.2, 0.25) is 5.91 Å². The van der Waals surface area contributed by atoms with Gasteiger partial charge in [0.1, 0.15) is 12.3 Å². The third-order valence-electron chi connectivity index (χ3n) is 4.96. The highest BCUT2D eigenvalue weighted by molar-refractivity contribution is 8.18. The summed E-state index contributed by atoms with van der Waals surface area (Å²) in [5, 5.41) is 2.48. The summed E-state index contributed by atoms with van der Waals surface area (Å²) in [4.78, 5) is 40.9. The van der Waals surface area contributed by atoms with Crippen LogP contribution in [0.2, 0.25) is 5.02 Å². The van der Waals surface area contributed by atoms with Gasteiger partial charge in [-0.05, 0) is 56.0 Å². The fraction of sp³-hybridized carbons (Fsp3) is 0.261. The van der Waals surface area contributed by atoms with Crippen molar-refractivity contribution in [3.8, 4) is 5.75 Å². The summed E-state index contributed by atoms with van der Waals surface area (Å²) in [5.74, 6) is -0.440. The molecule has 0 bridgehead atoms. The van der Waals surface area contributed by atoms with Crippen LogP contribution >= 0.6 is 23.4 Å². The van der Waals surface area contributed by atoms with Crippen LogP contribution in [0.15, 0.2) is 47.4 Å². The molecule has 1 heterocycles. The predicted molar refractivity (Wildman–Crippen MR) is 129 cm³/mol. The van der Waals surface area contributed by atoms with Crippen LogP contribution in [0.4, 0.5) is 16.2 Å². The van der Waals surface area contributed by atoms with Gasteiger partial charge >= 0.3 is 0 Å². The van der Waals surface area contributed by atoms with Crippen LogP contribution in [0.25, 0.3) is 6.08 Å². The van der Waals surface area contributed by atoms with Crippen LogP contribution < -0.4 is 15.0 Å². The first-order chi connectivity index (χ1) is 15.4. The van der Waals surface area contributed by atoms with Gasteiger partial charge in [0.25, 0.3) is 11.1 Å². The summed E-state index contributed by atoms with van der Waals surface area (Å²) in [7, 11) is 1.56. The number of methoxy groups -OCH3 is 1. The third kappa shape index (κ3) is 5.26. The highest BCUT2D eigenvalue weighted by atomic mass is 35.5. The number of halogens is 1. The van der Waals surface area contributed by atoms with E-state index in [1.807, 2.05) is 18.2 Å². The summed E-state index contributed by atoms with van der Waals surface area (Å²) >= 11 is 6.84. The first-order valence-corrected chi connectivity index (χ1v) is 11.3. The lowest BCUT2D eigenvalue weighted by Gasteiger charge is -2.22. The quantitative estimate of drug-likeness (QED) is 0.551. The number of amides is 3. The maximum atomic E-state index is 12.8. The molecule has 2 aromatic rings. The molecule has 1 N–H and O–H groups in total. The molecule has 0 saturated carbocycles. The maximum Gasteiger partial charge on any atom is 0.294 e. The van der Waals surface area contributed by atoms with Crippen molar-refractivity contribution in [3.05, 3.63) is 58.0 Å². The van der Waals surface area contributed by atoms with Gasteiger partial charge in [-0.3, -0.25) is 19.3 Å². The number of thioether (sulfide) groups is 1. The minimum atomic E-state index is -0.524. The van der Waals surface area contributed by atoms with E-state index in [9.17, 15) is 14.4 Å². The third-order valence-corrected chi connectivity index (χ3v) is 6.19. The highest BCUT2D eigenvalue weighted by Crippen LogP contribution is 2.35. The predicted octanol–water partition coefficient (Wildman–Crippen LogP) is 4.87. The zero-order valence-electron chi connectivity index (χ0n) is 18.1. The van der Waals surface area contributed by atoms with E-state index in [0.29, 0.717) is 22.0 Å². The summed E-state index contributed by atoms with van der Waals surface area (Å²) < 4.78 is 5.50. The number of hydrogen-bond acceptors (Lipinski definition) is 6. The molecule has 3 amide bonds. The Morgan fingerprint density at radius 3 is 2.56 bits per heavy atom. The molecule has 1 aliphatic rings. The van der Waals surface area contributed by atoms with E-state index >= 15 is 0 Å². The van der Waals surface area contributed by atoms with Crippen molar-refractivity contribution in [2.75, 3.05) is 37.0 Å². The molecule has 0 radical (unpaired) electrons. The molecule has 0 aromatic heterocycles. The van der Waals surface area contributed by atoms with E-state index in [-0.39, 0.29) is 4.91 Å². The van der Waals surface area contributed by atoms with Crippen molar-refractivity contribution in [1.29, 1.82) is 0 Å². The number of carbonyl (C=O) groups is 3. The number of nitrogens with zero attached hydrogens (tertiary/aromatic N) is 2. The zero-order chi connectivity index (χ0) is 23.3. The SMILES string of the molecule is CCN(CC)c1ccc(/C=C2/SC(=O)N(CC(=O)Nc3ccccc3Cl)C2=O)c(OC)c1. The molecule has 168 valence electrons. The largest absolute Gasteiger partial charge is 0.496 e. The van der Waals surface area contributed by atoms with Crippen molar-refractivity contribution in [2.45, 2.75) is 13.8 Å². The summed E-state index contributed by atoms with van der Waals surface area (Å²) in [6, 6.07) is 12.4. The van der Waals surface area contributed by atoms with E-state index in [0.717, 1.165) is 35.4 Å². The number of rotatable bonds is 8. The molecular weight excluding hydrogens is 450 g/mol. The molecule has 1 fully saturated rings. The second kappa shape index (κ2) is 10.6. The maximum absolute atomic E-state index is 12.8. The Morgan fingerprint density at radius 1 is 1.19 bits per heavy atom. The monoisotopic (exact) mass is 473 g/mol. The van der Waals surface area contributed by atoms with Gasteiger partial charge in [0.05, 0.1) is 22.7 Å². The molecule has 3 rings (SSSR count). The van der Waals surface area contributed by atoms with E-state index in [1.54, 1.807) is 37.5 Å². The number of carbonyl (C=O) groups excluding carboxylic acids is 3. The molecule has 0 aliphatic carbocycles. The molecule has 1 saturated heterocycles. The normalized spacial score (nSPS) is 14.8. The standard InChI is InChI=1S/C23H24ClN3O4S/c1-4-26(5-2)16-11-10-15(19(13-16)31-3)12-20-22(29)27(23(30)32-20)14-21(28)25-18-9-7-6-8-17(18)24/h6-13H,4-5,14H2,1-3H3,(H,25,28)/b20-12+. The van der Waals surface area contributed by atoms with Crippen LogP contribution in [-0.4, -0.2) is 48.7 Å². The molecule has 9 heteroatoms. The molecule has 1 aliphatic heterocycles. The Balaban J connectivity index is 1.76. The van der Waals surface area contributed by atoms with Crippen LogP contribution in [-0.2, 0) is 9.59 Å². The van der Waals surface area contributed by atoms with E-state index in [4.69, 9.17) is 16.3 Å². The Labute approximate surface area is 196 Å². The van der Waals surface area contributed by atoms with Gasteiger partial charge in [-0.25, -0.2) is 0 Å². The number of nitrogens with one attached hydrogen (secondary N) is 1. The van der Waals surface area contributed by atoms with E-state index in [1.165, 1.54) is 0 Å². The number of hydrogen-bond donors (Lipinski definition) is 1. The van der Waals surface area contributed by atoms with Crippen molar-refractivity contribution in [2.24, 2.45) is 0 Å². The second-order valence-corrected chi connectivity index (χ2v) is 8.29. The summed E-state index contributed by atoms with van der Waals surface area (Å²) in [5.41, 5.74) is 2.10. The van der Waals surface area contributed by atoms with Crippen LogP contribution in [0.1, 0.15) is 19.4 Å². The molecule has 0 unspecified atom stereocenters. The van der Waals surface area contributed by atoms with Gasteiger partial charge in [0.15, 0.2) is 0 Å². The van der Waals surface area contributed by atoms with Gasteiger partial charge in [-0.15, -0.1) is 0 Å². The van der Waals surface area contributed by atoms with Crippen molar-refractivity contribution < 1.29 is 19.1 Å². The molecule has 0 spiro atoms. The van der Waals surface area contributed by atoms with Gasteiger partial charge in [-0.2, -0.15) is 0 Å². The lowest BCUT2D eigenvalue weighted by Crippen LogP contribution is -2.36. The number of ether oxygens (including phenoxy) is 1. The topological polar surface area (TPSA) is 79.0 Å². The minimum Gasteiger partial charge on any atom is -0.496 e. The van der Waals surface area contributed by atoms with Gasteiger partial charge in [-0.1, -0.05) is 23.7 Å². The average Bonchev–Trinajstić information content (AvgIpc) is 3.04. The van der Waals surface area contributed by atoms with E-state index < -0.39 is 23.6 Å². The summed E-state index contributed by atoms with van der Waals surface area (Å²) in [6.07, 6.45) is 1.61. The van der Waals surface area contributed by atoms with Crippen LogP contribution in [0.5, 0.6) is 5.75 Å². The first kappa shape index (κ1) is 23.7. The molecule has 0 atom stereocenters. The van der Waals surface area contributed by atoms with Crippen molar-refractivity contribution in [1.82, 2.24) is 4.90 Å². The van der Waals surface area contributed by atoms with Crippen molar-refractivity contribution in [3.63, 3.8) is 0 Å². The average molecular weight is 474 g/mol. The van der Waals surface area contributed by atoms with Crippen LogP contribution in [0.3, 0.4) is 0 Å². The Morgan fingerprint density at radius 2 is 1.91 bits per heavy atom. The second-order valence-electron chi connectivity index (χ2n) is 6.89. The molecule has 7 nitrogen and oxygen atoms in total. The van der Waals surface area contributed by atoms with Gasteiger partial charge in [0, 0.05) is 30.4 Å². The number of imide groups is 1. The fourth-order valence-corrected chi connectivity index (χ4v) is 4.29. The lowest BCUT2D eigenvalue weighted by molar-refractivity contribution is -0.127. The van der Waals surface area contributed by atoms with Crippen molar-refractivity contribution >= 4 is 57.9 Å². The van der Waals surface area contributed by atoms with E-state index in [2.05, 4.69) is 24.1 Å². The Hall–Kier alpha value is -2.97. The highest BCUT2D eigenvalue weighted by Gasteiger charge is 2.36. The molecule has 2 aromatic carbocycles. The zero-order valence-corrected chi connectivity index (χ0v) is 19.6. The number of para-hydroxylation sites is 1. The number of anilines is 2. The Kier molecular flexibility index (Phi) is 7.82.